The van der Waals surface area contributed by atoms with Crippen LogP contribution in [0.2, 0.25) is 0 Å². The number of aryl methyl sites for hydroxylation is 2. The highest BCUT2D eigenvalue weighted by atomic mass is 35.7. The van der Waals surface area contributed by atoms with Crippen molar-refractivity contribution in [1.29, 1.82) is 0 Å². The van der Waals surface area contributed by atoms with Crippen molar-refractivity contribution in [1.82, 2.24) is 5.32 Å². The summed E-state index contributed by atoms with van der Waals surface area (Å²) in [6, 6.07) is 1.68. The fraction of sp³-hybridized carbons (Fsp3) is 0.500. The zero-order chi connectivity index (χ0) is 15.5. The van der Waals surface area contributed by atoms with Crippen molar-refractivity contribution in [3.8, 4) is 0 Å². The maximum Gasteiger partial charge on any atom is 0.261 e. The number of carbonyl (C=O) groups is 1. The van der Waals surface area contributed by atoms with Crippen LogP contribution in [0.5, 0.6) is 0 Å². The molecule has 1 N–H and O–H groups in total. The zero-order valence-corrected chi connectivity index (χ0v) is 13.8. The van der Waals surface area contributed by atoms with Gasteiger partial charge in [-0.3, -0.25) is 4.79 Å². The van der Waals surface area contributed by atoms with Crippen molar-refractivity contribution in [3.63, 3.8) is 0 Å². The molecule has 112 valence electrons. The molecule has 1 aromatic rings. The minimum atomic E-state index is -3.87. The predicted octanol–water partition coefficient (Wildman–Crippen LogP) is 3.07. The number of hydrogen-bond donors (Lipinski definition) is 1. The van der Waals surface area contributed by atoms with E-state index in [1.54, 1.807) is 26.8 Å². The minimum Gasteiger partial charge on any atom is -0.352 e. The summed E-state index contributed by atoms with van der Waals surface area (Å²) in [5.74, 6) is -0.255. The molecule has 1 aromatic carbocycles. The molecule has 0 saturated heterocycles. The summed E-state index contributed by atoms with van der Waals surface area (Å²) in [4.78, 5) is 12.2. The van der Waals surface area contributed by atoms with E-state index in [4.69, 9.17) is 10.7 Å². The summed E-state index contributed by atoms with van der Waals surface area (Å²) in [5, 5.41) is 2.80. The van der Waals surface area contributed by atoms with Crippen LogP contribution in [0.4, 0.5) is 0 Å². The van der Waals surface area contributed by atoms with Gasteiger partial charge in [-0.25, -0.2) is 8.42 Å². The molecule has 0 saturated carbocycles. The van der Waals surface area contributed by atoms with Crippen LogP contribution in [-0.4, -0.2) is 20.9 Å². The van der Waals surface area contributed by atoms with Crippen LogP contribution >= 0.6 is 10.7 Å². The molecule has 0 unspecified atom stereocenters. The van der Waals surface area contributed by atoms with Crippen molar-refractivity contribution in [2.45, 2.75) is 45.4 Å². The lowest BCUT2D eigenvalue weighted by molar-refractivity contribution is 0.0951. The molecular formula is C14H20ClNO3S. The number of benzene rings is 1. The van der Waals surface area contributed by atoms with Crippen LogP contribution in [0.25, 0.3) is 0 Å². The van der Waals surface area contributed by atoms with Gasteiger partial charge in [0.2, 0.25) is 0 Å². The van der Waals surface area contributed by atoms with Gasteiger partial charge in [0, 0.05) is 22.8 Å². The fourth-order valence-electron chi connectivity index (χ4n) is 2.36. The summed E-state index contributed by atoms with van der Waals surface area (Å²) in [6.07, 6.45) is 1.86. The Hall–Kier alpha value is -1.07. The molecule has 0 atom stereocenters. The minimum absolute atomic E-state index is 0.0328. The van der Waals surface area contributed by atoms with Crippen molar-refractivity contribution in [2.75, 3.05) is 6.54 Å². The van der Waals surface area contributed by atoms with Gasteiger partial charge in [-0.05, 0) is 43.9 Å². The van der Waals surface area contributed by atoms with E-state index in [2.05, 4.69) is 5.32 Å². The summed E-state index contributed by atoms with van der Waals surface area (Å²) >= 11 is 0. The lowest BCUT2D eigenvalue weighted by atomic mass is 9.99. The molecule has 0 spiro atoms. The van der Waals surface area contributed by atoms with E-state index in [9.17, 15) is 13.2 Å². The van der Waals surface area contributed by atoms with Gasteiger partial charge >= 0.3 is 0 Å². The number of rotatable bonds is 5. The van der Waals surface area contributed by atoms with E-state index >= 15 is 0 Å². The van der Waals surface area contributed by atoms with Gasteiger partial charge < -0.3 is 5.32 Å². The third-order valence-corrected chi connectivity index (χ3v) is 4.77. The van der Waals surface area contributed by atoms with E-state index in [0.717, 1.165) is 18.4 Å². The first-order valence-electron chi connectivity index (χ1n) is 6.53. The molecule has 1 rings (SSSR count). The largest absolute Gasteiger partial charge is 0.352 e. The second-order valence-electron chi connectivity index (χ2n) is 4.89. The van der Waals surface area contributed by atoms with Gasteiger partial charge in [0.1, 0.15) is 0 Å². The van der Waals surface area contributed by atoms with Gasteiger partial charge in [-0.15, -0.1) is 0 Å². The average Bonchev–Trinajstić information content (AvgIpc) is 2.26. The van der Waals surface area contributed by atoms with Gasteiger partial charge in [-0.2, -0.15) is 0 Å². The molecule has 0 aliphatic heterocycles. The van der Waals surface area contributed by atoms with Crippen molar-refractivity contribution in [3.05, 3.63) is 28.3 Å². The first kappa shape index (κ1) is 17.0. The summed E-state index contributed by atoms with van der Waals surface area (Å²) in [7, 11) is 1.60. The Kier molecular flexibility index (Phi) is 5.59. The number of halogens is 1. The summed E-state index contributed by atoms with van der Waals surface area (Å²) < 4.78 is 23.3. The molecule has 6 heteroatoms. The van der Waals surface area contributed by atoms with Crippen molar-refractivity contribution < 1.29 is 13.2 Å². The van der Waals surface area contributed by atoms with Gasteiger partial charge in [0.15, 0.2) is 0 Å². The molecule has 0 radical (unpaired) electrons. The number of unbranched alkanes of at least 4 members (excludes halogenated alkanes) is 1. The Labute approximate surface area is 124 Å². The lowest BCUT2D eigenvalue weighted by Crippen LogP contribution is -2.26. The topological polar surface area (TPSA) is 63.2 Å². The quantitative estimate of drug-likeness (QED) is 0.670. The maximum atomic E-state index is 12.2. The third-order valence-electron chi connectivity index (χ3n) is 3.19. The van der Waals surface area contributed by atoms with Crippen molar-refractivity contribution in [2.24, 2.45) is 0 Å². The zero-order valence-electron chi connectivity index (χ0n) is 12.2. The summed E-state index contributed by atoms with van der Waals surface area (Å²) in [5.41, 5.74) is 2.11. The number of nitrogens with one attached hydrogen (secondary N) is 1. The average molecular weight is 318 g/mol. The molecule has 0 aliphatic carbocycles. The molecule has 0 fully saturated rings. The number of carbonyl (C=O) groups excluding carboxylic acids is 1. The monoisotopic (exact) mass is 317 g/mol. The van der Waals surface area contributed by atoms with E-state index < -0.39 is 9.05 Å². The highest BCUT2D eigenvalue weighted by Gasteiger charge is 2.23. The van der Waals surface area contributed by atoms with Crippen LogP contribution in [0.3, 0.4) is 0 Å². The predicted molar refractivity (Wildman–Crippen MR) is 80.9 cm³/mol. The molecule has 4 nitrogen and oxygen atoms in total. The van der Waals surface area contributed by atoms with Crippen LogP contribution in [0, 0.1) is 20.8 Å². The van der Waals surface area contributed by atoms with E-state index in [1.807, 2.05) is 6.92 Å². The SMILES string of the molecule is CCCCNC(=O)c1c(C)cc(C)c(S(=O)(=O)Cl)c1C. The molecular weight excluding hydrogens is 298 g/mol. The normalized spacial score (nSPS) is 11.4. The highest BCUT2D eigenvalue weighted by molar-refractivity contribution is 8.13. The number of hydrogen-bond acceptors (Lipinski definition) is 3. The van der Waals surface area contributed by atoms with Gasteiger partial charge in [0.25, 0.3) is 15.0 Å². The first-order valence-corrected chi connectivity index (χ1v) is 8.84. The first-order chi connectivity index (χ1) is 9.20. The van der Waals surface area contributed by atoms with Crippen LogP contribution in [0.1, 0.15) is 46.8 Å². The third kappa shape index (κ3) is 3.73. The van der Waals surface area contributed by atoms with E-state index in [0.29, 0.717) is 23.2 Å². The smallest absolute Gasteiger partial charge is 0.261 e. The van der Waals surface area contributed by atoms with Crippen molar-refractivity contribution >= 4 is 25.6 Å². The lowest BCUT2D eigenvalue weighted by Gasteiger charge is -2.15. The maximum absolute atomic E-state index is 12.2. The van der Waals surface area contributed by atoms with Crippen LogP contribution in [-0.2, 0) is 9.05 Å². The standard InChI is InChI=1S/C14H20ClNO3S/c1-5-6-7-16-14(17)12-9(2)8-10(3)13(11(12)4)20(15,18)19/h8H,5-7H2,1-4H3,(H,16,17). The Morgan fingerprint density at radius 1 is 1.25 bits per heavy atom. The molecule has 20 heavy (non-hydrogen) atoms. The highest BCUT2D eigenvalue weighted by Crippen LogP contribution is 2.28. The van der Waals surface area contributed by atoms with Crippen LogP contribution in [0.15, 0.2) is 11.0 Å². The van der Waals surface area contributed by atoms with Gasteiger partial charge in [0.05, 0.1) is 4.90 Å². The number of amides is 1. The molecule has 0 bridgehead atoms. The second kappa shape index (κ2) is 6.59. The molecule has 1 amide bonds. The second-order valence-corrected chi connectivity index (χ2v) is 7.39. The Morgan fingerprint density at radius 3 is 2.35 bits per heavy atom. The van der Waals surface area contributed by atoms with E-state index in [-0.39, 0.29) is 10.8 Å². The molecule has 0 heterocycles. The molecule has 0 aromatic heterocycles. The van der Waals surface area contributed by atoms with E-state index in [1.165, 1.54) is 0 Å². The molecule has 0 aliphatic rings. The van der Waals surface area contributed by atoms with Crippen LogP contribution < -0.4 is 5.32 Å². The Morgan fingerprint density at radius 2 is 1.85 bits per heavy atom. The Bertz CT molecular complexity index is 624. The fourth-order valence-corrected chi connectivity index (χ4v) is 3.98. The summed E-state index contributed by atoms with van der Waals surface area (Å²) in [6.45, 7) is 7.69. The Balaban J connectivity index is 3.31. The van der Waals surface area contributed by atoms with Gasteiger partial charge in [-0.1, -0.05) is 19.4 Å².